The lowest BCUT2D eigenvalue weighted by atomic mass is 10.2. The van der Waals surface area contributed by atoms with Gasteiger partial charge in [0.25, 0.3) is 0 Å². The van der Waals surface area contributed by atoms with Gasteiger partial charge in [-0.05, 0) is 12.1 Å². The van der Waals surface area contributed by atoms with E-state index in [2.05, 4.69) is 0 Å². The van der Waals surface area contributed by atoms with E-state index in [0.29, 0.717) is 5.75 Å². The maximum atomic E-state index is 11.7. The number of rotatable bonds is 2. The van der Waals surface area contributed by atoms with Crippen molar-refractivity contribution < 1.29 is 19.1 Å². The van der Waals surface area contributed by atoms with Crippen molar-refractivity contribution in [2.45, 2.75) is 0 Å². The molecular formula is C11H8O5. The zero-order valence-corrected chi connectivity index (χ0v) is 8.39. The lowest BCUT2D eigenvalue weighted by Crippen LogP contribution is -2.07. The molecule has 0 saturated heterocycles. The summed E-state index contributed by atoms with van der Waals surface area (Å²) in [6.07, 6.45) is 0. The van der Waals surface area contributed by atoms with Gasteiger partial charge < -0.3 is 14.3 Å². The van der Waals surface area contributed by atoms with Gasteiger partial charge in [-0.25, -0.2) is 4.79 Å². The van der Waals surface area contributed by atoms with Crippen molar-refractivity contribution in [3.8, 4) is 5.75 Å². The molecule has 0 aliphatic heterocycles. The average molecular weight is 220 g/mol. The summed E-state index contributed by atoms with van der Waals surface area (Å²) >= 11 is 0. The first-order valence-corrected chi connectivity index (χ1v) is 4.47. The molecule has 2 rings (SSSR count). The molecule has 82 valence electrons. The van der Waals surface area contributed by atoms with E-state index in [0.717, 1.165) is 6.07 Å². The van der Waals surface area contributed by atoms with Crippen molar-refractivity contribution in [2.75, 3.05) is 7.11 Å². The van der Waals surface area contributed by atoms with Gasteiger partial charge in [0.05, 0.1) is 7.11 Å². The quantitative estimate of drug-likeness (QED) is 0.829. The summed E-state index contributed by atoms with van der Waals surface area (Å²) in [5.41, 5.74) is -0.236. The Bertz CT molecular complexity index is 611. The molecule has 0 spiro atoms. The minimum atomic E-state index is -1.28. The smallest absolute Gasteiger partial charge is 0.371 e. The first-order chi connectivity index (χ1) is 7.63. The van der Waals surface area contributed by atoms with Gasteiger partial charge in [0, 0.05) is 6.07 Å². The zero-order valence-electron chi connectivity index (χ0n) is 8.39. The maximum Gasteiger partial charge on any atom is 0.371 e. The minimum absolute atomic E-state index is 0.198. The summed E-state index contributed by atoms with van der Waals surface area (Å²) in [4.78, 5) is 22.4. The summed E-state index contributed by atoms with van der Waals surface area (Å²) in [6, 6.07) is 5.69. The Balaban J connectivity index is 2.86. The van der Waals surface area contributed by atoms with Crippen LogP contribution in [0.1, 0.15) is 10.6 Å². The van der Waals surface area contributed by atoms with E-state index < -0.39 is 11.4 Å². The second-order valence-corrected chi connectivity index (χ2v) is 3.11. The van der Waals surface area contributed by atoms with Crippen molar-refractivity contribution in [3.05, 3.63) is 40.2 Å². The number of carboxylic acid groups (broad SMARTS) is 1. The predicted octanol–water partition coefficient (Wildman–Crippen LogP) is 1.50. The summed E-state index contributed by atoms with van der Waals surface area (Å²) in [6.45, 7) is 0. The Hall–Kier alpha value is -2.30. The van der Waals surface area contributed by atoms with Gasteiger partial charge in [0.15, 0.2) is 5.43 Å². The predicted molar refractivity (Wildman–Crippen MR) is 56.0 cm³/mol. The highest BCUT2D eigenvalue weighted by Crippen LogP contribution is 2.22. The number of fused-ring (bicyclic) bond motifs is 1. The van der Waals surface area contributed by atoms with E-state index in [1.165, 1.54) is 13.2 Å². The molecule has 0 bridgehead atoms. The van der Waals surface area contributed by atoms with E-state index >= 15 is 0 Å². The first-order valence-electron chi connectivity index (χ1n) is 4.47. The second kappa shape index (κ2) is 3.69. The molecular weight excluding hydrogens is 212 g/mol. The number of carbonyl (C=O) groups is 1. The van der Waals surface area contributed by atoms with Crippen LogP contribution in [-0.4, -0.2) is 18.2 Å². The summed E-state index contributed by atoms with van der Waals surface area (Å²) in [7, 11) is 1.43. The fraction of sp³-hybridized carbons (Fsp3) is 0.0909. The molecule has 5 nitrogen and oxygen atoms in total. The monoisotopic (exact) mass is 220 g/mol. The Labute approximate surface area is 89.9 Å². The van der Waals surface area contributed by atoms with Crippen LogP contribution in [0.25, 0.3) is 11.0 Å². The van der Waals surface area contributed by atoms with Crippen molar-refractivity contribution in [1.29, 1.82) is 0 Å². The van der Waals surface area contributed by atoms with Crippen LogP contribution in [0, 0.1) is 0 Å². The van der Waals surface area contributed by atoms with Gasteiger partial charge in [-0.1, -0.05) is 6.07 Å². The average Bonchev–Trinajstić information content (AvgIpc) is 2.27. The lowest BCUT2D eigenvalue weighted by molar-refractivity contribution is 0.0663. The molecule has 16 heavy (non-hydrogen) atoms. The molecule has 1 aromatic heterocycles. The largest absolute Gasteiger partial charge is 0.496 e. The zero-order chi connectivity index (χ0) is 11.7. The normalized spacial score (nSPS) is 10.3. The van der Waals surface area contributed by atoms with Crippen LogP contribution in [0.2, 0.25) is 0 Å². The van der Waals surface area contributed by atoms with Crippen LogP contribution in [0.3, 0.4) is 0 Å². The number of benzene rings is 1. The molecule has 0 saturated carbocycles. The van der Waals surface area contributed by atoms with Crippen LogP contribution in [-0.2, 0) is 0 Å². The fourth-order valence-corrected chi connectivity index (χ4v) is 1.45. The van der Waals surface area contributed by atoms with Gasteiger partial charge in [-0.15, -0.1) is 0 Å². The summed E-state index contributed by atoms with van der Waals surface area (Å²) < 4.78 is 10.1. The highest BCUT2D eigenvalue weighted by molar-refractivity contribution is 5.89. The molecule has 1 N–H and O–H groups in total. The molecule has 0 fully saturated rings. The van der Waals surface area contributed by atoms with Gasteiger partial charge in [0.2, 0.25) is 5.76 Å². The Kier molecular flexibility index (Phi) is 2.36. The number of aromatic carboxylic acids is 1. The molecule has 0 radical (unpaired) electrons. The van der Waals surface area contributed by atoms with Crippen LogP contribution >= 0.6 is 0 Å². The molecule has 0 amide bonds. The van der Waals surface area contributed by atoms with E-state index in [-0.39, 0.29) is 16.7 Å². The third-order valence-corrected chi connectivity index (χ3v) is 2.15. The maximum absolute atomic E-state index is 11.7. The minimum Gasteiger partial charge on any atom is -0.496 e. The van der Waals surface area contributed by atoms with Crippen LogP contribution < -0.4 is 10.2 Å². The van der Waals surface area contributed by atoms with E-state index in [1.807, 2.05) is 0 Å². The van der Waals surface area contributed by atoms with E-state index in [1.54, 1.807) is 12.1 Å². The first kappa shape index (κ1) is 10.2. The summed E-state index contributed by atoms with van der Waals surface area (Å²) in [5, 5.41) is 8.98. The highest BCUT2D eigenvalue weighted by Gasteiger charge is 2.13. The molecule has 1 heterocycles. The number of hydrogen-bond donors (Lipinski definition) is 1. The standard InChI is InChI=1S/C11H8O5/c1-15-7-3-2-4-8-10(7)6(12)5-9(16-8)11(13)14/h2-5H,1H3,(H,13,14). The number of carboxylic acids is 1. The molecule has 0 aliphatic rings. The molecule has 2 aromatic rings. The topological polar surface area (TPSA) is 76.7 Å². The van der Waals surface area contributed by atoms with Gasteiger partial charge in [-0.3, -0.25) is 4.79 Å². The Morgan fingerprint density at radius 2 is 2.19 bits per heavy atom. The van der Waals surface area contributed by atoms with E-state index in [4.69, 9.17) is 14.3 Å². The third-order valence-electron chi connectivity index (χ3n) is 2.15. The highest BCUT2D eigenvalue weighted by atomic mass is 16.5. The van der Waals surface area contributed by atoms with Crippen molar-refractivity contribution >= 4 is 16.9 Å². The van der Waals surface area contributed by atoms with Crippen molar-refractivity contribution in [2.24, 2.45) is 0 Å². The van der Waals surface area contributed by atoms with Crippen LogP contribution in [0.15, 0.2) is 33.5 Å². The molecule has 0 unspecified atom stereocenters. The fourth-order valence-electron chi connectivity index (χ4n) is 1.45. The Morgan fingerprint density at radius 3 is 2.81 bits per heavy atom. The van der Waals surface area contributed by atoms with Crippen LogP contribution in [0.4, 0.5) is 0 Å². The van der Waals surface area contributed by atoms with Crippen molar-refractivity contribution in [1.82, 2.24) is 0 Å². The SMILES string of the molecule is COc1cccc2oc(C(=O)O)cc(=O)c12. The molecule has 5 heteroatoms. The molecule has 1 aromatic carbocycles. The Morgan fingerprint density at radius 1 is 1.44 bits per heavy atom. The molecule has 0 aliphatic carbocycles. The van der Waals surface area contributed by atoms with Gasteiger partial charge in [0.1, 0.15) is 16.7 Å². The number of methoxy groups -OCH3 is 1. The number of hydrogen-bond acceptors (Lipinski definition) is 4. The number of ether oxygens (including phenoxy) is 1. The third kappa shape index (κ3) is 1.52. The summed E-state index contributed by atoms with van der Waals surface area (Å²) in [5.74, 6) is -1.30. The van der Waals surface area contributed by atoms with E-state index in [9.17, 15) is 9.59 Å². The second-order valence-electron chi connectivity index (χ2n) is 3.11. The van der Waals surface area contributed by atoms with Gasteiger partial charge in [-0.2, -0.15) is 0 Å². The van der Waals surface area contributed by atoms with Crippen molar-refractivity contribution in [3.63, 3.8) is 0 Å². The van der Waals surface area contributed by atoms with Gasteiger partial charge >= 0.3 is 5.97 Å². The lowest BCUT2D eigenvalue weighted by Gasteiger charge is -2.03. The molecule has 0 atom stereocenters. The van der Waals surface area contributed by atoms with Crippen LogP contribution in [0.5, 0.6) is 5.75 Å².